The molecule has 1 aromatic carbocycles. The van der Waals surface area contributed by atoms with Gasteiger partial charge in [-0.3, -0.25) is 0 Å². The van der Waals surface area contributed by atoms with Crippen LogP contribution in [-0.4, -0.2) is 26.2 Å². The fourth-order valence-electron chi connectivity index (χ4n) is 3.26. The van der Waals surface area contributed by atoms with E-state index in [9.17, 15) is 4.39 Å². The predicted octanol–water partition coefficient (Wildman–Crippen LogP) is 2.89. The standard InChI is InChI=1S/C15H21FN2/c16-13-6-3-7-14(18-9-1-2-10-18)15(13)12-5-4-8-17-11-12/h3,6-7,12,17H,1-2,4-5,8-11H2. The van der Waals surface area contributed by atoms with Crippen LogP contribution in [0.25, 0.3) is 0 Å². The van der Waals surface area contributed by atoms with E-state index in [0.717, 1.165) is 50.3 Å². The molecule has 0 bridgehead atoms. The van der Waals surface area contributed by atoms with Crippen LogP contribution in [0.3, 0.4) is 0 Å². The highest BCUT2D eigenvalue weighted by Crippen LogP contribution is 2.35. The number of nitrogens with zero attached hydrogens (tertiary/aromatic N) is 1. The molecule has 3 heteroatoms. The molecule has 0 radical (unpaired) electrons. The summed E-state index contributed by atoms with van der Waals surface area (Å²) in [5.74, 6) is 0.323. The van der Waals surface area contributed by atoms with Crippen molar-refractivity contribution in [3.8, 4) is 0 Å². The van der Waals surface area contributed by atoms with Crippen molar-refractivity contribution in [3.63, 3.8) is 0 Å². The number of nitrogens with one attached hydrogen (secondary N) is 1. The second kappa shape index (κ2) is 5.27. The Kier molecular flexibility index (Phi) is 3.50. The molecule has 1 atom stereocenters. The number of hydrogen-bond donors (Lipinski definition) is 1. The lowest BCUT2D eigenvalue weighted by atomic mass is 9.89. The summed E-state index contributed by atoms with van der Waals surface area (Å²) in [6, 6.07) is 5.56. The molecule has 2 aliphatic heterocycles. The van der Waals surface area contributed by atoms with Crippen LogP contribution in [-0.2, 0) is 0 Å². The molecular formula is C15H21FN2. The van der Waals surface area contributed by atoms with Crippen molar-refractivity contribution in [1.29, 1.82) is 0 Å². The number of halogens is 1. The van der Waals surface area contributed by atoms with E-state index >= 15 is 0 Å². The Morgan fingerprint density at radius 2 is 2.00 bits per heavy atom. The van der Waals surface area contributed by atoms with Gasteiger partial charge in [-0.1, -0.05) is 6.07 Å². The highest BCUT2D eigenvalue weighted by Gasteiger charge is 2.25. The third-order valence-corrected chi connectivity index (χ3v) is 4.18. The van der Waals surface area contributed by atoms with E-state index in [2.05, 4.69) is 16.3 Å². The smallest absolute Gasteiger partial charge is 0.128 e. The fourth-order valence-corrected chi connectivity index (χ4v) is 3.26. The Bertz CT molecular complexity index is 407. The summed E-state index contributed by atoms with van der Waals surface area (Å²) in [6.45, 7) is 4.15. The van der Waals surface area contributed by atoms with Crippen LogP contribution in [0.1, 0.15) is 37.2 Å². The first kappa shape index (κ1) is 12.0. The fraction of sp³-hybridized carbons (Fsp3) is 0.600. The van der Waals surface area contributed by atoms with Gasteiger partial charge in [0.1, 0.15) is 5.82 Å². The van der Waals surface area contributed by atoms with Crippen molar-refractivity contribution >= 4 is 5.69 Å². The molecule has 2 heterocycles. The maximum Gasteiger partial charge on any atom is 0.128 e. The van der Waals surface area contributed by atoms with Crippen LogP contribution >= 0.6 is 0 Å². The van der Waals surface area contributed by atoms with Gasteiger partial charge in [-0.05, 0) is 44.4 Å². The van der Waals surface area contributed by atoms with E-state index < -0.39 is 0 Å². The SMILES string of the molecule is Fc1cccc(N2CCCC2)c1C1CCCNC1. The van der Waals surface area contributed by atoms with Crippen LogP contribution in [0.2, 0.25) is 0 Å². The average Bonchev–Trinajstić information content (AvgIpc) is 2.93. The molecule has 1 N–H and O–H groups in total. The molecule has 18 heavy (non-hydrogen) atoms. The van der Waals surface area contributed by atoms with Crippen LogP contribution in [0.4, 0.5) is 10.1 Å². The zero-order valence-electron chi connectivity index (χ0n) is 10.8. The minimum Gasteiger partial charge on any atom is -0.371 e. The van der Waals surface area contributed by atoms with Crippen LogP contribution in [0.15, 0.2) is 18.2 Å². The van der Waals surface area contributed by atoms with Gasteiger partial charge in [0.2, 0.25) is 0 Å². The summed E-state index contributed by atoms with van der Waals surface area (Å²) < 4.78 is 14.2. The minimum atomic E-state index is -0.0203. The summed E-state index contributed by atoms with van der Waals surface area (Å²) in [6.07, 6.45) is 4.73. The van der Waals surface area contributed by atoms with Gasteiger partial charge in [0.05, 0.1) is 0 Å². The first-order valence-corrected chi connectivity index (χ1v) is 7.10. The number of hydrogen-bond acceptors (Lipinski definition) is 2. The van der Waals surface area contributed by atoms with Gasteiger partial charge in [0.25, 0.3) is 0 Å². The molecule has 2 nitrogen and oxygen atoms in total. The highest BCUT2D eigenvalue weighted by atomic mass is 19.1. The number of piperidine rings is 1. The summed E-state index contributed by atoms with van der Waals surface area (Å²) >= 11 is 0. The maximum atomic E-state index is 14.2. The van der Waals surface area contributed by atoms with Gasteiger partial charge in [-0.15, -0.1) is 0 Å². The molecule has 0 saturated carbocycles. The van der Waals surface area contributed by atoms with Crippen molar-refractivity contribution in [3.05, 3.63) is 29.6 Å². The van der Waals surface area contributed by atoms with E-state index in [1.807, 2.05) is 6.07 Å². The zero-order valence-corrected chi connectivity index (χ0v) is 10.8. The quantitative estimate of drug-likeness (QED) is 0.865. The molecule has 0 amide bonds. The van der Waals surface area contributed by atoms with Crippen molar-refractivity contribution < 1.29 is 4.39 Å². The van der Waals surface area contributed by atoms with Crippen molar-refractivity contribution in [1.82, 2.24) is 5.32 Å². The Morgan fingerprint density at radius 1 is 1.17 bits per heavy atom. The summed E-state index contributed by atoms with van der Waals surface area (Å²) in [5.41, 5.74) is 2.09. The lowest BCUT2D eigenvalue weighted by Gasteiger charge is -2.29. The zero-order chi connectivity index (χ0) is 12.4. The Balaban J connectivity index is 1.94. The van der Waals surface area contributed by atoms with E-state index in [0.29, 0.717) is 5.92 Å². The highest BCUT2D eigenvalue weighted by molar-refractivity contribution is 5.56. The van der Waals surface area contributed by atoms with Crippen LogP contribution < -0.4 is 10.2 Å². The molecule has 3 rings (SSSR count). The molecule has 0 aliphatic carbocycles. The molecule has 2 fully saturated rings. The number of anilines is 1. The molecule has 2 saturated heterocycles. The van der Waals surface area contributed by atoms with Gasteiger partial charge in [-0.2, -0.15) is 0 Å². The third kappa shape index (κ3) is 2.24. The van der Waals surface area contributed by atoms with E-state index in [4.69, 9.17) is 0 Å². The van der Waals surface area contributed by atoms with E-state index in [1.54, 1.807) is 6.07 Å². The molecule has 0 spiro atoms. The van der Waals surface area contributed by atoms with Crippen molar-refractivity contribution in [2.75, 3.05) is 31.1 Å². The first-order chi connectivity index (χ1) is 8.86. The molecular weight excluding hydrogens is 227 g/mol. The maximum absolute atomic E-state index is 14.2. The van der Waals surface area contributed by atoms with Gasteiger partial charge in [0, 0.05) is 36.8 Å². The summed E-state index contributed by atoms with van der Waals surface area (Å²) in [4.78, 5) is 2.35. The molecule has 1 aromatic rings. The van der Waals surface area contributed by atoms with E-state index in [1.165, 1.54) is 12.8 Å². The minimum absolute atomic E-state index is 0.0203. The first-order valence-electron chi connectivity index (χ1n) is 7.10. The monoisotopic (exact) mass is 248 g/mol. The Hall–Kier alpha value is -1.09. The summed E-state index contributed by atoms with van der Waals surface area (Å²) in [5, 5.41) is 3.39. The Morgan fingerprint density at radius 3 is 2.72 bits per heavy atom. The van der Waals surface area contributed by atoms with Crippen LogP contribution in [0, 0.1) is 5.82 Å². The second-order valence-corrected chi connectivity index (χ2v) is 5.41. The Labute approximate surface area is 108 Å². The van der Waals surface area contributed by atoms with Crippen molar-refractivity contribution in [2.24, 2.45) is 0 Å². The van der Waals surface area contributed by atoms with Gasteiger partial charge >= 0.3 is 0 Å². The molecule has 0 aromatic heterocycles. The van der Waals surface area contributed by atoms with Gasteiger partial charge in [-0.25, -0.2) is 4.39 Å². The summed E-state index contributed by atoms with van der Waals surface area (Å²) in [7, 11) is 0. The van der Waals surface area contributed by atoms with Gasteiger partial charge < -0.3 is 10.2 Å². The lowest BCUT2D eigenvalue weighted by molar-refractivity contribution is 0.446. The topological polar surface area (TPSA) is 15.3 Å². The molecule has 1 unspecified atom stereocenters. The third-order valence-electron chi connectivity index (χ3n) is 4.18. The van der Waals surface area contributed by atoms with Crippen molar-refractivity contribution in [2.45, 2.75) is 31.6 Å². The predicted molar refractivity (Wildman–Crippen MR) is 72.7 cm³/mol. The number of rotatable bonds is 2. The molecule has 2 aliphatic rings. The molecule has 98 valence electrons. The van der Waals surface area contributed by atoms with Crippen LogP contribution in [0.5, 0.6) is 0 Å². The van der Waals surface area contributed by atoms with Gasteiger partial charge in [0.15, 0.2) is 0 Å². The second-order valence-electron chi connectivity index (χ2n) is 5.41. The average molecular weight is 248 g/mol. The lowest BCUT2D eigenvalue weighted by Crippen LogP contribution is -2.30. The van der Waals surface area contributed by atoms with E-state index in [-0.39, 0.29) is 5.82 Å². The normalized spacial score (nSPS) is 24.5. The largest absolute Gasteiger partial charge is 0.371 e. The number of benzene rings is 1.